The number of amides is 1. The Bertz CT molecular complexity index is 662. The summed E-state index contributed by atoms with van der Waals surface area (Å²) >= 11 is -0.221. The zero-order chi connectivity index (χ0) is 17.7. The quantitative estimate of drug-likeness (QED) is 0.820. The molecule has 132 valence electrons. The van der Waals surface area contributed by atoms with Gasteiger partial charge in [-0.3, -0.25) is 4.79 Å². The molecular weight excluding hydrogens is 343 g/mol. The number of aliphatic hydroxyl groups is 1. The molecule has 4 nitrogen and oxygen atoms in total. The van der Waals surface area contributed by atoms with Crippen molar-refractivity contribution in [3.8, 4) is 5.75 Å². The van der Waals surface area contributed by atoms with E-state index in [0.717, 1.165) is 0 Å². The fourth-order valence-electron chi connectivity index (χ4n) is 3.24. The summed E-state index contributed by atoms with van der Waals surface area (Å²) in [6, 6.07) is 3.48. The number of ether oxygens (including phenoxy) is 1. The molecule has 0 spiro atoms. The predicted molar refractivity (Wildman–Crippen MR) is 82.8 cm³/mol. The summed E-state index contributed by atoms with van der Waals surface area (Å²) < 4.78 is 43.7. The van der Waals surface area contributed by atoms with E-state index >= 15 is 0 Å². The number of carbonyl (C=O) groups is 1. The molecule has 1 aromatic rings. The molecule has 1 aromatic carbocycles. The van der Waals surface area contributed by atoms with Crippen molar-refractivity contribution < 1.29 is 27.8 Å². The van der Waals surface area contributed by atoms with Crippen LogP contribution in [-0.2, 0) is 4.79 Å². The van der Waals surface area contributed by atoms with E-state index < -0.39 is 23.3 Å². The van der Waals surface area contributed by atoms with E-state index in [-0.39, 0.29) is 22.6 Å². The predicted octanol–water partition coefficient (Wildman–Crippen LogP) is 3.49. The van der Waals surface area contributed by atoms with Crippen molar-refractivity contribution in [3.05, 3.63) is 23.8 Å². The van der Waals surface area contributed by atoms with Gasteiger partial charge < -0.3 is 14.7 Å². The zero-order valence-electron chi connectivity index (χ0n) is 13.3. The maximum Gasteiger partial charge on any atom is 0.446 e. The van der Waals surface area contributed by atoms with Crippen molar-refractivity contribution in [1.29, 1.82) is 0 Å². The standard InChI is InChI=1S/C16H18F3NO3S/c1-15(2)14(22)13(20-7-3-4-12(20)21)10-8-9(24-16(17,18)19)5-6-11(10)23-15/h5-6,8,13-14,22H,3-4,7H2,1-2H3/t13-,14+/m1/s1. The third-order valence-corrected chi connectivity index (χ3v) is 5.08. The second kappa shape index (κ2) is 5.84. The molecule has 2 aliphatic heterocycles. The molecule has 0 unspecified atom stereocenters. The topological polar surface area (TPSA) is 49.8 Å². The average molecular weight is 361 g/mol. The van der Waals surface area contributed by atoms with Gasteiger partial charge in [-0.15, -0.1) is 0 Å². The van der Waals surface area contributed by atoms with E-state index in [1.165, 1.54) is 18.2 Å². The van der Waals surface area contributed by atoms with Crippen LogP contribution >= 0.6 is 11.8 Å². The van der Waals surface area contributed by atoms with Gasteiger partial charge in [-0.2, -0.15) is 13.2 Å². The van der Waals surface area contributed by atoms with Crippen LogP contribution in [0.5, 0.6) is 5.75 Å². The summed E-state index contributed by atoms with van der Waals surface area (Å²) in [6.45, 7) is 3.88. The molecule has 1 amide bonds. The highest BCUT2D eigenvalue weighted by Gasteiger charge is 2.47. The molecule has 2 atom stereocenters. The van der Waals surface area contributed by atoms with Gasteiger partial charge in [-0.25, -0.2) is 0 Å². The number of rotatable bonds is 2. The van der Waals surface area contributed by atoms with Gasteiger partial charge in [0.15, 0.2) is 0 Å². The van der Waals surface area contributed by atoms with E-state index in [9.17, 15) is 23.1 Å². The highest BCUT2D eigenvalue weighted by molar-refractivity contribution is 8.00. The molecule has 0 aromatic heterocycles. The van der Waals surface area contributed by atoms with Crippen molar-refractivity contribution in [2.24, 2.45) is 0 Å². The van der Waals surface area contributed by atoms with Crippen LogP contribution in [0.1, 0.15) is 38.3 Å². The molecule has 2 heterocycles. The number of thioether (sulfide) groups is 1. The van der Waals surface area contributed by atoms with Crippen LogP contribution in [0.25, 0.3) is 0 Å². The number of halogens is 3. The van der Waals surface area contributed by atoms with E-state index in [4.69, 9.17) is 4.74 Å². The molecule has 0 radical (unpaired) electrons. The van der Waals surface area contributed by atoms with Crippen LogP contribution in [0.15, 0.2) is 23.1 Å². The number of hydrogen-bond acceptors (Lipinski definition) is 4. The molecule has 1 saturated heterocycles. The second-order valence-corrected chi connectivity index (χ2v) is 7.67. The lowest BCUT2D eigenvalue weighted by molar-refractivity contribution is -0.139. The molecular formula is C16H18F3NO3S. The fraction of sp³-hybridized carbons (Fsp3) is 0.562. The highest BCUT2D eigenvalue weighted by atomic mass is 32.2. The van der Waals surface area contributed by atoms with Gasteiger partial charge >= 0.3 is 5.51 Å². The third kappa shape index (κ3) is 3.21. The Kier molecular flexibility index (Phi) is 4.24. The first-order chi connectivity index (χ1) is 11.1. The summed E-state index contributed by atoms with van der Waals surface area (Å²) in [6.07, 6.45) is 0.0325. The van der Waals surface area contributed by atoms with Crippen molar-refractivity contribution in [3.63, 3.8) is 0 Å². The molecule has 3 rings (SSSR count). The minimum absolute atomic E-state index is 0.00778. The molecule has 1 N–H and O–H groups in total. The monoisotopic (exact) mass is 361 g/mol. The third-order valence-electron chi connectivity index (χ3n) is 4.36. The van der Waals surface area contributed by atoms with E-state index in [2.05, 4.69) is 0 Å². The number of carbonyl (C=O) groups excluding carboxylic acids is 1. The van der Waals surface area contributed by atoms with Crippen molar-refractivity contribution in [1.82, 2.24) is 4.90 Å². The van der Waals surface area contributed by atoms with Crippen LogP contribution in [-0.4, -0.2) is 39.7 Å². The summed E-state index contributed by atoms with van der Waals surface area (Å²) in [7, 11) is 0. The molecule has 2 aliphatic rings. The molecule has 0 saturated carbocycles. The number of nitrogens with zero attached hydrogens (tertiary/aromatic N) is 1. The average Bonchev–Trinajstić information content (AvgIpc) is 2.85. The minimum atomic E-state index is -4.40. The van der Waals surface area contributed by atoms with Gasteiger partial charge in [0.25, 0.3) is 0 Å². The number of fused-ring (bicyclic) bond motifs is 1. The molecule has 0 aliphatic carbocycles. The number of likely N-dealkylation sites (tertiary alicyclic amines) is 1. The molecule has 24 heavy (non-hydrogen) atoms. The molecule has 1 fully saturated rings. The van der Waals surface area contributed by atoms with Gasteiger partial charge in [0.2, 0.25) is 5.91 Å². The normalized spacial score (nSPS) is 26.2. The summed E-state index contributed by atoms with van der Waals surface area (Å²) in [4.78, 5) is 13.7. The molecule has 0 bridgehead atoms. The zero-order valence-corrected chi connectivity index (χ0v) is 14.1. The number of aliphatic hydroxyl groups excluding tert-OH is 1. The van der Waals surface area contributed by atoms with Gasteiger partial charge in [0.1, 0.15) is 17.5 Å². The van der Waals surface area contributed by atoms with Crippen LogP contribution in [0.3, 0.4) is 0 Å². The van der Waals surface area contributed by atoms with Crippen LogP contribution in [0.4, 0.5) is 13.2 Å². The van der Waals surface area contributed by atoms with Crippen molar-refractivity contribution in [2.75, 3.05) is 6.54 Å². The minimum Gasteiger partial charge on any atom is -0.485 e. The van der Waals surface area contributed by atoms with Gasteiger partial charge in [0.05, 0.1) is 6.04 Å². The Morgan fingerprint density at radius 1 is 1.38 bits per heavy atom. The fourth-order valence-corrected chi connectivity index (χ4v) is 3.83. The van der Waals surface area contributed by atoms with Crippen LogP contribution in [0, 0.1) is 0 Å². The lowest BCUT2D eigenvalue weighted by atomic mass is 9.85. The smallest absolute Gasteiger partial charge is 0.446 e. The summed E-state index contributed by atoms with van der Waals surface area (Å²) in [5, 5.41) is 10.7. The van der Waals surface area contributed by atoms with Crippen LogP contribution in [0.2, 0.25) is 0 Å². The van der Waals surface area contributed by atoms with E-state index in [0.29, 0.717) is 30.7 Å². The maximum atomic E-state index is 12.7. The number of hydrogen-bond donors (Lipinski definition) is 1. The lowest BCUT2D eigenvalue weighted by Gasteiger charge is -2.45. The Morgan fingerprint density at radius 2 is 2.08 bits per heavy atom. The van der Waals surface area contributed by atoms with E-state index in [1.54, 1.807) is 18.7 Å². The SMILES string of the molecule is CC1(C)Oc2ccc(SC(F)(F)F)cc2[C@@H](N2CCCC2=O)[C@@H]1O. The van der Waals surface area contributed by atoms with Crippen molar-refractivity contribution in [2.45, 2.75) is 54.8 Å². The Balaban J connectivity index is 2.05. The summed E-state index contributed by atoms with van der Waals surface area (Å²) in [5.41, 5.74) is -4.92. The van der Waals surface area contributed by atoms with Crippen LogP contribution < -0.4 is 4.74 Å². The second-order valence-electron chi connectivity index (χ2n) is 6.53. The van der Waals surface area contributed by atoms with Crippen molar-refractivity contribution >= 4 is 17.7 Å². The maximum absolute atomic E-state index is 12.7. The number of alkyl halides is 3. The largest absolute Gasteiger partial charge is 0.485 e. The lowest BCUT2D eigenvalue weighted by Crippen LogP contribution is -2.53. The first-order valence-electron chi connectivity index (χ1n) is 7.65. The van der Waals surface area contributed by atoms with E-state index in [1.807, 2.05) is 0 Å². The highest BCUT2D eigenvalue weighted by Crippen LogP contribution is 2.47. The van der Waals surface area contributed by atoms with Gasteiger partial charge in [0, 0.05) is 23.4 Å². The van der Waals surface area contributed by atoms with Gasteiger partial charge in [-0.1, -0.05) is 0 Å². The molecule has 8 heteroatoms. The Labute approximate surface area is 142 Å². The first-order valence-corrected chi connectivity index (χ1v) is 8.46. The van der Waals surface area contributed by atoms with Gasteiger partial charge in [-0.05, 0) is 50.2 Å². The Hall–Kier alpha value is -1.41. The number of benzene rings is 1. The summed E-state index contributed by atoms with van der Waals surface area (Å²) in [5.74, 6) is 0.304. The Morgan fingerprint density at radius 3 is 2.67 bits per heavy atom. The first kappa shape index (κ1) is 17.4.